The molecule has 3 aromatic rings. The lowest BCUT2D eigenvalue weighted by atomic mass is 10.2. The molecule has 146 valence electrons. The smallest absolute Gasteiger partial charge is 0.234 e. The zero-order valence-electron chi connectivity index (χ0n) is 16.4. The van der Waals surface area contributed by atoms with Gasteiger partial charge in [0.25, 0.3) is 0 Å². The van der Waals surface area contributed by atoms with Gasteiger partial charge in [0.1, 0.15) is 17.1 Å². The van der Waals surface area contributed by atoms with Gasteiger partial charge in [-0.3, -0.25) is 9.69 Å². The third-order valence-corrected chi connectivity index (χ3v) is 5.20. The zero-order valence-corrected chi connectivity index (χ0v) is 16.4. The predicted octanol–water partition coefficient (Wildman–Crippen LogP) is 4.28. The molecule has 5 nitrogen and oxygen atoms in total. The first kappa shape index (κ1) is 18.6. The first-order chi connectivity index (χ1) is 13.6. The number of benzene rings is 2. The Bertz CT molecular complexity index is 911. The molecule has 1 aliphatic rings. The van der Waals surface area contributed by atoms with E-state index < -0.39 is 0 Å². The van der Waals surface area contributed by atoms with Crippen LogP contribution in [0.25, 0.3) is 11.0 Å². The number of methoxy groups -OCH3 is 1. The summed E-state index contributed by atoms with van der Waals surface area (Å²) in [6, 6.07) is 18.3. The molecule has 1 N–H and O–H groups in total. The van der Waals surface area contributed by atoms with E-state index in [-0.39, 0.29) is 11.9 Å². The second-order valence-corrected chi connectivity index (χ2v) is 7.46. The van der Waals surface area contributed by atoms with Crippen LogP contribution in [0.4, 0.5) is 0 Å². The van der Waals surface area contributed by atoms with Crippen LogP contribution in [0.2, 0.25) is 0 Å². The highest BCUT2D eigenvalue weighted by Gasteiger charge is 2.30. The van der Waals surface area contributed by atoms with Crippen molar-refractivity contribution >= 4 is 16.9 Å². The van der Waals surface area contributed by atoms with Crippen molar-refractivity contribution in [3.05, 3.63) is 65.9 Å². The van der Waals surface area contributed by atoms with Crippen LogP contribution in [0.1, 0.15) is 37.1 Å². The molecule has 0 radical (unpaired) electrons. The summed E-state index contributed by atoms with van der Waals surface area (Å²) in [6.45, 7) is 3.11. The van der Waals surface area contributed by atoms with Gasteiger partial charge in [0.15, 0.2) is 0 Å². The quantitative estimate of drug-likeness (QED) is 0.636. The number of para-hydroxylation sites is 1. The van der Waals surface area contributed by atoms with Crippen LogP contribution in [-0.2, 0) is 11.3 Å². The second kappa shape index (κ2) is 8.07. The van der Waals surface area contributed by atoms with E-state index in [1.165, 1.54) is 5.56 Å². The van der Waals surface area contributed by atoms with Crippen molar-refractivity contribution in [1.82, 2.24) is 10.2 Å². The van der Waals surface area contributed by atoms with Crippen molar-refractivity contribution in [2.24, 2.45) is 0 Å². The fraction of sp³-hybridized carbons (Fsp3) is 0.348. The average Bonchev–Trinajstić information content (AvgIpc) is 3.46. The Kier molecular flexibility index (Phi) is 5.35. The topological polar surface area (TPSA) is 54.7 Å². The van der Waals surface area contributed by atoms with Crippen LogP contribution in [0.15, 0.2) is 59.0 Å². The second-order valence-electron chi connectivity index (χ2n) is 7.46. The molecule has 0 spiro atoms. The van der Waals surface area contributed by atoms with Gasteiger partial charge >= 0.3 is 0 Å². The molecule has 2 aromatic carbocycles. The van der Waals surface area contributed by atoms with Gasteiger partial charge in [-0.1, -0.05) is 30.3 Å². The normalized spacial score (nSPS) is 15.0. The number of amides is 1. The molecule has 1 amide bonds. The number of nitrogens with one attached hydrogen (secondary N) is 1. The minimum Gasteiger partial charge on any atom is -0.497 e. The summed E-state index contributed by atoms with van der Waals surface area (Å²) in [5.41, 5.74) is 2.03. The molecular weight excluding hydrogens is 352 g/mol. The van der Waals surface area contributed by atoms with Crippen LogP contribution in [0.5, 0.6) is 5.75 Å². The van der Waals surface area contributed by atoms with Crippen LogP contribution in [0, 0.1) is 0 Å². The summed E-state index contributed by atoms with van der Waals surface area (Å²) in [4.78, 5) is 14.9. The lowest BCUT2D eigenvalue weighted by molar-refractivity contribution is -0.123. The molecule has 28 heavy (non-hydrogen) atoms. The Balaban J connectivity index is 1.37. The van der Waals surface area contributed by atoms with Crippen molar-refractivity contribution in [2.45, 2.75) is 38.4 Å². The molecule has 0 bridgehead atoms. The number of nitrogens with zero attached hydrogens (tertiary/aromatic N) is 1. The molecule has 1 fully saturated rings. The first-order valence-electron chi connectivity index (χ1n) is 9.77. The Hall–Kier alpha value is -2.79. The molecule has 5 heteroatoms. The molecular formula is C23H26N2O3. The average molecular weight is 378 g/mol. The van der Waals surface area contributed by atoms with E-state index in [0.29, 0.717) is 12.6 Å². The summed E-state index contributed by atoms with van der Waals surface area (Å²) >= 11 is 0. The van der Waals surface area contributed by atoms with Gasteiger partial charge in [-0.2, -0.15) is 0 Å². The van der Waals surface area contributed by atoms with Crippen molar-refractivity contribution in [3.63, 3.8) is 0 Å². The number of carbonyl (C=O) groups is 1. The van der Waals surface area contributed by atoms with Crippen LogP contribution >= 0.6 is 0 Å². The minimum absolute atomic E-state index is 0.0216. The van der Waals surface area contributed by atoms with Gasteiger partial charge in [-0.15, -0.1) is 0 Å². The SMILES string of the molecule is COc1ccc(CN(CC(=O)N[C@@H](C)c2cc3ccccc3o2)C2CC2)cc1. The number of fused-ring (bicyclic) bond motifs is 1. The summed E-state index contributed by atoms with van der Waals surface area (Å²) in [5, 5.41) is 4.13. The van der Waals surface area contributed by atoms with Crippen molar-refractivity contribution in [3.8, 4) is 5.75 Å². The van der Waals surface area contributed by atoms with Gasteiger partial charge in [-0.25, -0.2) is 0 Å². The maximum absolute atomic E-state index is 12.7. The molecule has 1 atom stereocenters. The maximum atomic E-state index is 12.7. The van der Waals surface area contributed by atoms with Crippen LogP contribution in [0.3, 0.4) is 0 Å². The minimum atomic E-state index is -0.165. The highest BCUT2D eigenvalue weighted by Crippen LogP contribution is 2.29. The number of carbonyl (C=O) groups excluding carboxylic acids is 1. The van der Waals surface area contributed by atoms with Crippen molar-refractivity contribution in [2.75, 3.05) is 13.7 Å². The Morgan fingerprint density at radius 2 is 1.96 bits per heavy atom. The Labute approximate surface area is 165 Å². The molecule has 1 saturated carbocycles. The summed E-state index contributed by atoms with van der Waals surface area (Å²) in [6.07, 6.45) is 2.31. The third-order valence-electron chi connectivity index (χ3n) is 5.20. The van der Waals surface area contributed by atoms with Gasteiger partial charge in [0.2, 0.25) is 5.91 Å². The van der Waals surface area contributed by atoms with Gasteiger partial charge in [0, 0.05) is 18.0 Å². The molecule has 1 aliphatic carbocycles. The number of rotatable bonds is 8. The summed E-state index contributed by atoms with van der Waals surface area (Å²) in [5.74, 6) is 1.65. The van der Waals surface area contributed by atoms with E-state index in [4.69, 9.17) is 9.15 Å². The monoisotopic (exact) mass is 378 g/mol. The summed E-state index contributed by atoms with van der Waals surface area (Å²) in [7, 11) is 1.67. The molecule has 0 saturated heterocycles. The number of ether oxygens (including phenoxy) is 1. The fourth-order valence-electron chi connectivity index (χ4n) is 3.48. The molecule has 1 heterocycles. The Morgan fingerprint density at radius 3 is 2.64 bits per heavy atom. The van der Waals surface area contributed by atoms with Gasteiger partial charge in [-0.05, 0) is 49.6 Å². The zero-order chi connectivity index (χ0) is 19.5. The lowest BCUT2D eigenvalue weighted by Gasteiger charge is -2.22. The maximum Gasteiger partial charge on any atom is 0.234 e. The largest absolute Gasteiger partial charge is 0.497 e. The lowest BCUT2D eigenvalue weighted by Crippen LogP contribution is -2.39. The highest BCUT2D eigenvalue weighted by atomic mass is 16.5. The van der Waals surface area contributed by atoms with Crippen molar-refractivity contribution < 1.29 is 13.9 Å². The van der Waals surface area contributed by atoms with Crippen molar-refractivity contribution in [1.29, 1.82) is 0 Å². The third kappa shape index (κ3) is 4.37. The number of furan rings is 1. The Morgan fingerprint density at radius 1 is 1.21 bits per heavy atom. The summed E-state index contributed by atoms with van der Waals surface area (Å²) < 4.78 is 11.1. The fourth-order valence-corrected chi connectivity index (χ4v) is 3.48. The molecule has 0 aliphatic heterocycles. The molecule has 4 rings (SSSR count). The van der Waals surface area contributed by atoms with E-state index in [1.807, 2.05) is 49.4 Å². The van der Waals surface area contributed by atoms with Crippen LogP contribution < -0.4 is 10.1 Å². The van der Waals surface area contributed by atoms with E-state index in [1.54, 1.807) is 7.11 Å². The van der Waals surface area contributed by atoms with Crippen LogP contribution in [-0.4, -0.2) is 30.5 Å². The predicted molar refractivity (Wildman–Crippen MR) is 109 cm³/mol. The van der Waals surface area contributed by atoms with E-state index in [2.05, 4.69) is 22.3 Å². The van der Waals surface area contributed by atoms with Gasteiger partial charge in [0.05, 0.1) is 19.7 Å². The molecule has 1 aromatic heterocycles. The van der Waals surface area contributed by atoms with E-state index >= 15 is 0 Å². The first-order valence-corrected chi connectivity index (χ1v) is 9.77. The van der Waals surface area contributed by atoms with E-state index in [9.17, 15) is 4.79 Å². The van der Waals surface area contributed by atoms with Gasteiger partial charge < -0.3 is 14.5 Å². The number of hydrogen-bond acceptors (Lipinski definition) is 4. The molecule has 0 unspecified atom stereocenters. The standard InChI is InChI=1S/C23H26N2O3/c1-16(22-13-18-5-3-4-6-21(18)28-22)24-23(26)15-25(19-9-10-19)14-17-7-11-20(27-2)12-8-17/h3-8,11-13,16,19H,9-10,14-15H2,1-2H3,(H,24,26)/t16-/m0/s1. The number of hydrogen-bond donors (Lipinski definition) is 1. The highest BCUT2D eigenvalue weighted by molar-refractivity contribution is 5.80. The van der Waals surface area contributed by atoms with E-state index in [0.717, 1.165) is 41.9 Å².